The lowest BCUT2D eigenvalue weighted by Crippen LogP contribution is -2.39. The molecule has 0 aliphatic rings. The van der Waals surface area contributed by atoms with Crippen LogP contribution in [0.25, 0.3) is 10.9 Å². The molecule has 108 valence electrons. The number of benzene rings is 1. The Hall–Kier alpha value is -2.01. The van der Waals surface area contributed by atoms with E-state index in [2.05, 4.69) is 0 Å². The summed E-state index contributed by atoms with van der Waals surface area (Å²) in [6.07, 6.45) is 1.82. The molecule has 0 aliphatic carbocycles. The summed E-state index contributed by atoms with van der Waals surface area (Å²) in [5.74, 6) is -0.486. The van der Waals surface area contributed by atoms with Crippen molar-refractivity contribution >= 4 is 16.9 Å². The SMILES string of the molecule is CC(C)Oc1cccc2c1ccn2CC(C)(O)C(=O)O. The number of aliphatic hydroxyl groups is 1. The fourth-order valence-corrected chi connectivity index (χ4v) is 2.09. The molecule has 0 saturated carbocycles. The number of rotatable bonds is 5. The predicted molar refractivity (Wildman–Crippen MR) is 76.0 cm³/mol. The summed E-state index contributed by atoms with van der Waals surface area (Å²) in [5.41, 5.74) is -0.967. The number of nitrogens with zero attached hydrogens (tertiary/aromatic N) is 1. The molecule has 1 heterocycles. The molecule has 1 aromatic carbocycles. The maximum atomic E-state index is 11.0. The molecule has 0 amide bonds. The van der Waals surface area contributed by atoms with Crippen molar-refractivity contribution in [2.75, 3.05) is 0 Å². The Morgan fingerprint density at radius 2 is 2.10 bits per heavy atom. The number of aliphatic carboxylic acids is 1. The van der Waals surface area contributed by atoms with Gasteiger partial charge in [0.15, 0.2) is 5.60 Å². The predicted octanol–water partition coefficient (Wildman–Crippen LogP) is 2.26. The zero-order chi connectivity index (χ0) is 14.9. The average molecular weight is 277 g/mol. The minimum atomic E-state index is -1.80. The molecule has 20 heavy (non-hydrogen) atoms. The fourth-order valence-electron chi connectivity index (χ4n) is 2.09. The Morgan fingerprint density at radius 1 is 1.40 bits per heavy atom. The van der Waals surface area contributed by atoms with Crippen molar-refractivity contribution in [1.29, 1.82) is 0 Å². The topological polar surface area (TPSA) is 71.7 Å². The zero-order valence-electron chi connectivity index (χ0n) is 11.8. The van der Waals surface area contributed by atoms with E-state index in [-0.39, 0.29) is 12.6 Å². The molecule has 2 N–H and O–H groups in total. The number of carbonyl (C=O) groups is 1. The molecular formula is C15H19NO4. The van der Waals surface area contributed by atoms with Crippen molar-refractivity contribution in [2.45, 2.75) is 39.0 Å². The van der Waals surface area contributed by atoms with Gasteiger partial charge in [0.2, 0.25) is 0 Å². The van der Waals surface area contributed by atoms with Gasteiger partial charge in [-0.15, -0.1) is 0 Å². The van der Waals surface area contributed by atoms with Crippen LogP contribution in [0.5, 0.6) is 5.75 Å². The van der Waals surface area contributed by atoms with E-state index in [1.54, 1.807) is 10.8 Å². The van der Waals surface area contributed by atoms with E-state index >= 15 is 0 Å². The normalized spacial score (nSPS) is 14.4. The highest BCUT2D eigenvalue weighted by Crippen LogP contribution is 2.28. The van der Waals surface area contributed by atoms with Gasteiger partial charge in [0.1, 0.15) is 5.75 Å². The van der Waals surface area contributed by atoms with Gasteiger partial charge in [-0.05, 0) is 39.0 Å². The highest BCUT2D eigenvalue weighted by Gasteiger charge is 2.30. The van der Waals surface area contributed by atoms with Crippen LogP contribution in [0.15, 0.2) is 30.5 Å². The van der Waals surface area contributed by atoms with Crippen LogP contribution in [0.1, 0.15) is 20.8 Å². The third kappa shape index (κ3) is 2.77. The van der Waals surface area contributed by atoms with E-state index in [9.17, 15) is 9.90 Å². The monoisotopic (exact) mass is 277 g/mol. The van der Waals surface area contributed by atoms with Crippen LogP contribution < -0.4 is 4.74 Å². The molecule has 0 aliphatic heterocycles. The second kappa shape index (κ2) is 5.17. The molecule has 5 heteroatoms. The maximum absolute atomic E-state index is 11.0. The minimum absolute atomic E-state index is 0.0169. The van der Waals surface area contributed by atoms with Crippen LogP contribution >= 0.6 is 0 Å². The number of ether oxygens (including phenoxy) is 1. The first-order valence-electron chi connectivity index (χ1n) is 6.51. The van der Waals surface area contributed by atoms with E-state index in [1.165, 1.54) is 6.92 Å². The number of hydrogen-bond donors (Lipinski definition) is 2. The van der Waals surface area contributed by atoms with E-state index in [4.69, 9.17) is 9.84 Å². The van der Waals surface area contributed by atoms with Gasteiger partial charge in [-0.1, -0.05) is 6.07 Å². The molecule has 5 nitrogen and oxygen atoms in total. The molecule has 2 rings (SSSR count). The van der Waals surface area contributed by atoms with Crippen molar-refractivity contribution in [1.82, 2.24) is 4.57 Å². The van der Waals surface area contributed by atoms with Crippen molar-refractivity contribution in [3.05, 3.63) is 30.5 Å². The third-order valence-electron chi connectivity index (χ3n) is 3.08. The zero-order valence-corrected chi connectivity index (χ0v) is 11.8. The Morgan fingerprint density at radius 3 is 2.70 bits per heavy atom. The first-order chi connectivity index (χ1) is 9.31. The number of fused-ring (bicyclic) bond motifs is 1. The minimum Gasteiger partial charge on any atom is -0.490 e. The standard InChI is InChI=1S/C15H19NO4/c1-10(2)20-13-6-4-5-12-11(13)7-8-16(12)9-15(3,19)14(17)18/h4-8,10,19H,9H2,1-3H3,(H,17,18). The first kappa shape index (κ1) is 14.4. The van der Waals surface area contributed by atoms with Crippen molar-refractivity contribution in [3.63, 3.8) is 0 Å². The number of carboxylic acid groups (broad SMARTS) is 1. The van der Waals surface area contributed by atoms with Crippen molar-refractivity contribution in [2.24, 2.45) is 0 Å². The lowest BCUT2D eigenvalue weighted by molar-refractivity contribution is -0.157. The molecule has 0 fully saturated rings. The highest BCUT2D eigenvalue weighted by atomic mass is 16.5. The Kier molecular flexibility index (Phi) is 3.72. The Labute approximate surface area is 117 Å². The summed E-state index contributed by atoms with van der Waals surface area (Å²) in [6, 6.07) is 7.47. The van der Waals surface area contributed by atoms with Crippen LogP contribution in [0.4, 0.5) is 0 Å². The van der Waals surface area contributed by atoms with E-state index in [1.807, 2.05) is 38.1 Å². The van der Waals surface area contributed by atoms with Crippen molar-refractivity contribution in [3.8, 4) is 5.75 Å². The molecule has 1 atom stereocenters. The summed E-state index contributed by atoms with van der Waals surface area (Å²) in [4.78, 5) is 11.0. The molecule has 0 radical (unpaired) electrons. The second-order valence-corrected chi connectivity index (χ2v) is 5.38. The number of aromatic nitrogens is 1. The first-order valence-corrected chi connectivity index (χ1v) is 6.51. The lowest BCUT2D eigenvalue weighted by atomic mass is 10.1. The third-order valence-corrected chi connectivity index (χ3v) is 3.08. The van der Waals surface area contributed by atoms with Gasteiger partial charge in [-0.25, -0.2) is 4.79 Å². The largest absolute Gasteiger partial charge is 0.490 e. The quantitative estimate of drug-likeness (QED) is 0.879. The summed E-state index contributed by atoms with van der Waals surface area (Å²) in [7, 11) is 0. The second-order valence-electron chi connectivity index (χ2n) is 5.38. The smallest absolute Gasteiger partial charge is 0.337 e. The summed E-state index contributed by atoms with van der Waals surface area (Å²) >= 11 is 0. The maximum Gasteiger partial charge on any atom is 0.337 e. The molecule has 0 bridgehead atoms. The summed E-state index contributed by atoms with van der Waals surface area (Å²) < 4.78 is 7.45. The van der Waals surface area contributed by atoms with E-state index < -0.39 is 11.6 Å². The van der Waals surface area contributed by atoms with Crippen molar-refractivity contribution < 1.29 is 19.7 Å². The van der Waals surface area contributed by atoms with Gasteiger partial charge >= 0.3 is 5.97 Å². The van der Waals surface area contributed by atoms with Gasteiger partial charge in [-0.2, -0.15) is 0 Å². The van der Waals surface area contributed by atoms with Gasteiger partial charge in [0, 0.05) is 11.6 Å². The van der Waals surface area contributed by atoms with Gasteiger partial charge in [0.25, 0.3) is 0 Å². The summed E-state index contributed by atoms with van der Waals surface area (Å²) in [5, 5.41) is 19.8. The van der Waals surface area contributed by atoms with E-state index in [0.717, 1.165) is 16.7 Å². The molecular weight excluding hydrogens is 258 g/mol. The van der Waals surface area contributed by atoms with Crippen LogP contribution in [-0.2, 0) is 11.3 Å². The molecule has 0 spiro atoms. The number of hydrogen-bond acceptors (Lipinski definition) is 3. The van der Waals surface area contributed by atoms with Gasteiger partial charge in [-0.3, -0.25) is 0 Å². The molecule has 0 saturated heterocycles. The highest BCUT2D eigenvalue weighted by molar-refractivity contribution is 5.87. The van der Waals surface area contributed by atoms with Crippen LogP contribution in [0.2, 0.25) is 0 Å². The molecule has 1 aromatic heterocycles. The average Bonchev–Trinajstić information content (AvgIpc) is 2.72. The van der Waals surface area contributed by atoms with Crippen LogP contribution in [0.3, 0.4) is 0 Å². The number of carboxylic acids is 1. The molecule has 1 unspecified atom stereocenters. The Balaban J connectivity index is 2.40. The van der Waals surface area contributed by atoms with Crippen LogP contribution in [0, 0.1) is 0 Å². The van der Waals surface area contributed by atoms with E-state index in [0.29, 0.717) is 0 Å². The molecule has 2 aromatic rings. The Bertz CT molecular complexity index is 628. The summed E-state index contributed by atoms with van der Waals surface area (Å²) in [6.45, 7) is 5.17. The van der Waals surface area contributed by atoms with Crippen LogP contribution in [-0.4, -0.2) is 32.5 Å². The van der Waals surface area contributed by atoms with Gasteiger partial charge < -0.3 is 19.5 Å². The lowest BCUT2D eigenvalue weighted by Gasteiger charge is -2.19. The van der Waals surface area contributed by atoms with Gasteiger partial charge in [0.05, 0.1) is 18.2 Å². The fraction of sp³-hybridized carbons (Fsp3) is 0.400.